The van der Waals surface area contributed by atoms with Gasteiger partial charge in [0.25, 0.3) is 0 Å². The number of rotatable bonds is 1. The van der Waals surface area contributed by atoms with Gasteiger partial charge in [-0.05, 0) is 6.92 Å². The fraction of sp³-hybridized carbons (Fsp3) is 0.400. The van der Waals surface area contributed by atoms with E-state index in [4.69, 9.17) is 9.47 Å². The van der Waals surface area contributed by atoms with Crippen LogP contribution in [0.1, 0.15) is 17.4 Å². The first-order valence-corrected chi connectivity index (χ1v) is 4.16. The highest BCUT2D eigenvalue weighted by molar-refractivity contribution is 5.22. The van der Waals surface area contributed by atoms with Gasteiger partial charge < -0.3 is 9.47 Å². The van der Waals surface area contributed by atoms with E-state index in [0.29, 0.717) is 13.2 Å². The summed E-state index contributed by atoms with van der Waals surface area (Å²) in [5, 5.41) is 0. The normalized spacial score (nSPS) is 18.4. The lowest BCUT2D eigenvalue weighted by Gasteiger charge is -2.08. The van der Waals surface area contributed by atoms with Crippen LogP contribution in [0.5, 0.6) is 0 Å². The Bertz CT molecular complexity index is 247. The van der Waals surface area contributed by atoms with Crippen molar-refractivity contribution >= 4 is 0 Å². The number of aryl methyl sites for hydroxylation is 1. The number of hydrogen-bond acceptors (Lipinski definition) is 2. The molecule has 2 rings (SSSR count). The van der Waals surface area contributed by atoms with Crippen molar-refractivity contribution in [3.05, 3.63) is 35.4 Å². The Kier molecular flexibility index (Phi) is 2.11. The van der Waals surface area contributed by atoms with Gasteiger partial charge in [-0.25, -0.2) is 0 Å². The summed E-state index contributed by atoms with van der Waals surface area (Å²) in [6, 6.07) is 8.23. The summed E-state index contributed by atoms with van der Waals surface area (Å²) >= 11 is 0. The Hall–Kier alpha value is -0.860. The van der Waals surface area contributed by atoms with E-state index in [9.17, 15) is 0 Å². The van der Waals surface area contributed by atoms with E-state index in [0.717, 1.165) is 5.56 Å². The van der Waals surface area contributed by atoms with Gasteiger partial charge in [0.15, 0.2) is 6.29 Å². The Morgan fingerprint density at radius 1 is 1.08 bits per heavy atom. The molecule has 2 heteroatoms. The average Bonchev–Trinajstić information content (AvgIpc) is 2.58. The zero-order valence-electron chi connectivity index (χ0n) is 7.12. The Balaban J connectivity index is 2.17. The smallest absolute Gasteiger partial charge is 0.184 e. The van der Waals surface area contributed by atoms with Crippen LogP contribution in [-0.2, 0) is 9.47 Å². The molecule has 2 nitrogen and oxygen atoms in total. The number of ether oxygens (including phenoxy) is 2. The van der Waals surface area contributed by atoms with Gasteiger partial charge in [-0.1, -0.05) is 29.8 Å². The highest BCUT2D eigenvalue weighted by Gasteiger charge is 2.17. The first-order valence-electron chi connectivity index (χ1n) is 4.16. The lowest BCUT2D eigenvalue weighted by molar-refractivity contribution is -0.0441. The first kappa shape index (κ1) is 7.77. The minimum atomic E-state index is -0.134. The van der Waals surface area contributed by atoms with Gasteiger partial charge in [-0.2, -0.15) is 0 Å². The van der Waals surface area contributed by atoms with E-state index in [1.807, 2.05) is 12.1 Å². The van der Waals surface area contributed by atoms with Crippen LogP contribution in [0.15, 0.2) is 24.3 Å². The minimum Gasteiger partial charge on any atom is -0.346 e. The molecule has 0 bridgehead atoms. The third kappa shape index (κ3) is 1.49. The molecule has 1 aliphatic heterocycles. The molecule has 0 aliphatic carbocycles. The van der Waals surface area contributed by atoms with Crippen molar-refractivity contribution in [1.82, 2.24) is 0 Å². The largest absolute Gasteiger partial charge is 0.346 e. The topological polar surface area (TPSA) is 18.5 Å². The van der Waals surface area contributed by atoms with Crippen LogP contribution in [0.3, 0.4) is 0 Å². The van der Waals surface area contributed by atoms with Gasteiger partial charge in [-0.15, -0.1) is 0 Å². The maximum absolute atomic E-state index is 5.36. The molecular formula is C10H12O2. The van der Waals surface area contributed by atoms with E-state index < -0.39 is 0 Å². The van der Waals surface area contributed by atoms with Crippen LogP contribution in [-0.4, -0.2) is 13.2 Å². The predicted octanol–water partition coefficient (Wildman–Crippen LogP) is 2.04. The van der Waals surface area contributed by atoms with Crippen molar-refractivity contribution in [3.63, 3.8) is 0 Å². The minimum absolute atomic E-state index is 0.134. The van der Waals surface area contributed by atoms with Crippen molar-refractivity contribution in [3.8, 4) is 0 Å². The van der Waals surface area contributed by atoms with Gasteiger partial charge in [0.05, 0.1) is 13.2 Å². The van der Waals surface area contributed by atoms with Gasteiger partial charge in [0.2, 0.25) is 0 Å². The molecule has 1 aromatic carbocycles. The third-order valence-electron chi connectivity index (χ3n) is 1.97. The lowest BCUT2D eigenvalue weighted by Crippen LogP contribution is -1.97. The second kappa shape index (κ2) is 3.25. The maximum Gasteiger partial charge on any atom is 0.184 e. The molecule has 1 heterocycles. The Labute approximate surface area is 72.1 Å². The molecule has 0 atom stereocenters. The molecule has 0 N–H and O–H groups in total. The van der Waals surface area contributed by atoms with Crippen LogP contribution in [0, 0.1) is 6.92 Å². The van der Waals surface area contributed by atoms with Gasteiger partial charge in [-0.3, -0.25) is 0 Å². The van der Waals surface area contributed by atoms with Gasteiger partial charge in [0.1, 0.15) is 0 Å². The lowest BCUT2D eigenvalue weighted by atomic mass is 10.1. The van der Waals surface area contributed by atoms with E-state index in [-0.39, 0.29) is 6.29 Å². The summed E-state index contributed by atoms with van der Waals surface area (Å²) in [5.74, 6) is 0. The summed E-state index contributed by atoms with van der Waals surface area (Å²) in [6.45, 7) is 3.48. The van der Waals surface area contributed by atoms with Crippen LogP contribution < -0.4 is 0 Å². The fourth-order valence-corrected chi connectivity index (χ4v) is 1.27. The SMILES string of the molecule is Cc1ccc(C2OCCO2)cc1. The number of hydrogen-bond donors (Lipinski definition) is 0. The van der Waals surface area contributed by atoms with Crippen LogP contribution in [0.4, 0.5) is 0 Å². The quantitative estimate of drug-likeness (QED) is 0.632. The first-order chi connectivity index (χ1) is 5.86. The Morgan fingerprint density at radius 2 is 1.67 bits per heavy atom. The van der Waals surface area contributed by atoms with Gasteiger partial charge >= 0.3 is 0 Å². The van der Waals surface area contributed by atoms with Crippen molar-refractivity contribution in [1.29, 1.82) is 0 Å². The molecule has 0 spiro atoms. The Morgan fingerprint density at radius 3 is 2.25 bits per heavy atom. The van der Waals surface area contributed by atoms with E-state index in [1.165, 1.54) is 5.56 Å². The highest BCUT2D eigenvalue weighted by Crippen LogP contribution is 2.22. The molecule has 0 aromatic heterocycles. The molecular weight excluding hydrogens is 152 g/mol. The fourth-order valence-electron chi connectivity index (χ4n) is 1.27. The molecule has 1 aliphatic rings. The van der Waals surface area contributed by atoms with E-state index in [2.05, 4.69) is 19.1 Å². The van der Waals surface area contributed by atoms with Gasteiger partial charge in [0, 0.05) is 5.56 Å². The molecule has 64 valence electrons. The molecule has 1 fully saturated rings. The molecule has 0 amide bonds. The summed E-state index contributed by atoms with van der Waals surface area (Å²) < 4.78 is 10.7. The standard InChI is InChI=1S/C10H12O2/c1-8-2-4-9(5-3-8)10-11-6-7-12-10/h2-5,10H,6-7H2,1H3. The zero-order valence-corrected chi connectivity index (χ0v) is 7.12. The molecule has 0 saturated carbocycles. The number of benzene rings is 1. The van der Waals surface area contributed by atoms with Crippen LogP contribution in [0.2, 0.25) is 0 Å². The maximum atomic E-state index is 5.36. The average molecular weight is 164 g/mol. The van der Waals surface area contributed by atoms with Crippen LogP contribution >= 0.6 is 0 Å². The second-order valence-corrected chi connectivity index (χ2v) is 2.98. The molecule has 1 aromatic rings. The second-order valence-electron chi connectivity index (χ2n) is 2.98. The third-order valence-corrected chi connectivity index (χ3v) is 1.97. The van der Waals surface area contributed by atoms with Crippen molar-refractivity contribution in [2.75, 3.05) is 13.2 Å². The van der Waals surface area contributed by atoms with Crippen molar-refractivity contribution in [2.45, 2.75) is 13.2 Å². The molecule has 0 radical (unpaired) electrons. The van der Waals surface area contributed by atoms with E-state index >= 15 is 0 Å². The monoisotopic (exact) mass is 164 g/mol. The van der Waals surface area contributed by atoms with Crippen molar-refractivity contribution < 1.29 is 9.47 Å². The highest BCUT2D eigenvalue weighted by atomic mass is 16.7. The molecule has 1 saturated heterocycles. The summed E-state index contributed by atoms with van der Waals surface area (Å²) in [4.78, 5) is 0. The predicted molar refractivity (Wildman–Crippen MR) is 45.8 cm³/mol. The summed E-state index contributed by atoms with van der Waals surface area (Å²) in [5.41, 5.74) is 2.37. The summed E-state index contributed by atoms with van der Waals surface area (Å²) in [7, 11) is 0. The van der Waals surface area contributed by atoms with E-state index in [1.54, 1.807) is 0 Å². The van der Waals surface area contributed by atoms with Crippen LogP contribution in [0.25, 0.3) is 0 Å². The molecule has 12 heavy (non-hydrogen) atoms. The zero-order chi connectivity index (χ0) is 8.39. The summed E-state index contributed by atoms with van der Waals surface area (Å²) in [6.07, 6.45) is -0.134. The molecule has 0 unspecified atom stereocenters. The van der Waals surface area contributed by atoms with Crippen molar-refractivity contribution in [2.24, 2.45) is 0 Å².